The Morgan fingerprint density at radius 2 is 1.94 bits per heavy atom. The van der Waals surface area contributed by atoms with Gasteiger partial charge in [0, 0.05) is 5.38 Å². The number of nitrogens with zero attached hydrogens (tertiary/aromatic N) is 2. The highest BCUT2D eigenvalue weighted by atomic mass is 32.1. The normalized spacial score (nSPS) is 10.1. The van der Waals surface area contributed by atoms with Gasteiger partial charge in [0.2, 0.25) is 0 Å². The van der Waals surface area contributed by atoms with Crippen LogP contribution in [-0.2, 0) is 6.61 Å². The quantitative estimate of drug-likeness (QED) is 0.846. The highest BCUT2D eigenvalue weighted by Gasteiger charge is 2.07. The van der Waals surface area contributed by atoms with E-state index in [0.29, 0.717) is 12.2 Å². The number of nitriles is 1. The van der Waals surface area contributed by atoms with Crippen LogP contribution in [0, 0.1) is 32.1 Å². The molecule has 0 bridgehead atoms. The summed E-state index contributed by atoms with van der Waals surface area (Å²) in [6.45, 7) is 6.36. The SMILES string of the molecule is Cc1nc(COc2c(C)cc(C#N)cc2C)cs1. The van der Waals surface area contributed by atoms with Crippen LogP contribution in [-0.4, -0.2) is 4.98 Å². The van der Waals surface area contributed by atoms with E-state index in [1.807, 2.05) is 38.3 Å². The second-order valence-corrected chi connectivity index (χ2v) is 5.26. The van der Waals surface area contributed by atoms with E-state index in [-0.39, 0.29) is 0 Å². The summed E-state index contributed by atoms with van der Waals surface area (Å²) in [5.74, 6) is 0.847. The molecule has 92 valence electrons. The number of ether oxygens (including phenoxy) is 1. The molecule has 0 fully saturated rings. The van der Waals surface area contributed by atoms with Crippen LogP contribution in [0.1, 0.15) is 27.4 Å². The standard InChI is InChI=1S/C14H14N2OS/c1-9-4-12(6-15)5-10(2)14(9)17-7-13-8-18-11(3)16-13/h4-5,8H,7H2,1-3H3. The number of hydrogen-bond donors (Lipinski definition) is 0. The minimum absolute atomic E-state index is 0.470. The van der Waals surface area contributed by atoms with Crippen molar-refractivity contribution in [2.45, 2.75) is 27.4 Å². The number of thiazole rings is 1. The Morgan fingerprint density at radius 1 is 1.28 bits per heavy atom. The van der Waals surface area contributed by atoms with Gasteiger partial charge in [-0.05, 0) is 44.0 Å². The van der Waals surface area contributed by atoms with Crippen molar-refractivity contribution >= 4 is 11.3 Å². The van der Waals surface area contributed by atoms with Gasteiger partial charge in [0.1, 0.15) is 12.4 Å². The van der Waals surface area contributed by atoms with Crippen LogP contribution >= 0.6 is 11.3 Å². The molecule has 1 aromatic heterocycles. The first-order valence-electron chi connectivity index (χ1n) is 5.65. The average Bonchev–Trinajstić information content (AvgIpc) is 2.73. The molecule has 0 spiro atoms. The van der Waals surface area contributed by atoms with E-state index in [0.717, 1.165) is 27.6 Å². The molecule has 2 aromatic rings. The Bertz CT molecular complexity index is 587. The second kappa shape index (κ2) is 5.19. The molecule has 0 saturated heterocycles. The summed E-state index contributed by atoms with van der Waals surface area (Å²) in [4.78, 5) is 4.36. The highest BCUT2D eigenvalue weighted by molar-refractivity contribution is 7.09. The maximum atomic E-state index is 8.89. The molecule has 18 heavy (non-hydrogen) atoms. The lowest BCUT2D eigenvalue weighted by Gasteiger charge is -2.11. The fraction of sp³-hybridized carbons (Fsp3) is 0.286. The summed E-state index contributed by atoms with van der Waals surface area (Å²) in [6.07, 6.45) is 0. The molecular weight excluding hydrogens is 244 g/mol. The summed E-state index contributed by atoms with van der Waals surface area (Å²) < 4.78 is 5.80. The van der Waals surface area contributed by atoms with E-state index >= 15 is 0 Å². The van der Waals surface area contributed by atoms with Gasteiger partial charge in [-0.1, -0.05) is 0 Å². The van der Waals surface area contributed by atoms with Crippen LogP contribution in [0.3, 0.4) is 0 Å². The Hall–Kier alpha value is -1.86. The summed E-state index contributed by atoms with van der Waals surface area (Å²) in [5, 5.41) is 11.9. The molecule has 0 aliphatic heterocycles. The van der Waals surface area contributed by atoms with Crippen LogP contribution in [0.25, 0.3) is 0 Å². The third-order valence-corrected chi connectivity index (χ3v) is 3.44. The number of aromatic nitrogens is 1. The fourth-order valence-corrected chi connectivity index (χ4v) is 2.46. The predicted octanol–water partition coefficient (Wildman–Crippen LogP) is 3.52. The molecule has 2 rings (SSSR count). The highest BCUT2D eigenvalue weighted by Crippen LogP contribution is 2.25. The van der Waals surface area contributed by atoms with Crippen molar-refractivity contribution < 1.29 is 4.74 Å². The van der Waals surface area contributed by atoms with Crippen LogP contribution in [0.2, 0.25) is 0 Å². The summed E-state index contributed by atoms with van der Waals surface area (Å²) in [5.41, 5.74) is 3.58. The lowest BCUT2D eigenvalue weighted by Crippen LogP contribution is -2.00. The summed E-state index contributed by atoms with van der Waals surface area (Å²) in [6, 6.07) is 5.83. The van der Waals surface area contributed by atoms with Crippen molar-refractivity contribution in [3.05, 3.63) is 44.9 Å². The second-order valence-electron chi connectivity index (χ2n) is 4.20. The van der Waals surface area contributed by atoms with Gasteiger partial charge in [-0.2, -0.15) is 5.26 Å². The lowest BCUT2D eigenvalue weighted by atomic mass is 10.1. The van der Waals surface area contributed by atoms with Crippen molar-refractivity contribution in [3.63, 3.8) is 0 Å². The largest absolute Gasteiger partial charge is 0.487 e. The van der Waals surface area contributed by atoms with E-state index in [2.05, 4.69) is 11.1 Å². The molecule has 4 heteroatoms. The van der Waals surface area contributed by atoms with Gasteiger partial charge in [-0.15, -0.1) is 11.3 Å². The molecule has 1 heterocycles. The van der Waals surface area contributed by atoms with Crippen molar-refractivity contribution in [1.29, 1.82) is 5.26 Å². The number of rotatable bonds is 3. The van der Waals surface area contributed by atoms with Gasteiger partial charge in [0.25, 0.3) is 0 Å². The lowest BCUT2D eigenvalue weighted by molar-refractivity contribution is 0.298. The summed E-state index contributed by atoms with van der Waals surface area (Å²) >= 11 is 1.62. The molecule has 0 aliphatic rings. The first kappa shape index (κ1) is 12.6. The Morgan fingerprint density at radius 3 is 2.44 bits per heavy atom. The van der Waals surface area contributed by atoms with E-state index in [1.165, 1.54) is 0 Å². The van der Waals surface area contributed by atoms with Crippen LogP contribution in [0.4, 0.5) is 0 Å². The zero-order valence-electron chi connectivity index (χ0n) is 10.7. The third-order valence-electron chi connectivity index (χ3n) is 2.62. The topological polar surface area (TPSA) is 45.9 Å². The maximum absolute atomic E-state index is 8.89. The molecule has 0 N–H and O–H groups in total. The molecule has 1 aromatic carbocycles. The molecule has 0 radical (unpaired) electrons. The maximum Gasteiger partial charge on any atom is 0.131 e. The number of hydrogen-bond acceptors (Lipinski definition) is 4. The minimum atomic E-state index is 0.470. The van der Waals surface area contributed by atoms with Crippen LogP contribution in [0.5, 0.6) is 5.75 Å². The molecule has 0 aliphatic carbocycles. The van der Waals surface area contributed by atoms with Crippen molar-refractivity contribution in [3.8, 4) is 11.8 Å². The van der Waals surface area contributed by atoms with E-state index < -0.39 is 0 Å². The van der Waals surface area contributed by atoms with Crippen LogP contribution < -0.4 is 4.74 Å². The van der Waals surface area contributed by atoms with Crippen LogP contribution in [0.15, 0.2) is 17.5 Å². The zero-order chi connectivity index (χ0) is 13.1. The number of benzene rings is 1. The monoisotopic (exact) mass is 258 g/mol. The average molecular weight is 258 g/mol. The van der Waals surface area contributed by atoms with Gasteiger partial charge in [-0.3, -0.25) is 0 Å². The van der Waals surface area contributed by atoms with Gasteiger partial charge >= 0.3 is 0 Å². The predicted molar refractivity (Wildman–Crippen MR) is 71.8 cm³/mol. The molecule has 0 amide bonds. The van der Waals surface area contributed by atoms with Crippen molar-refractivity contribution in [1.82, 2.24) is 4.98 Å². The van der Waals surface area contributed by atoms with Gasteiger partial charge in [0.05, 0.1) is 22.3 Å². The van der Waals surface area contributed by atoms with E-state index in [9.17, 15) is 0 Å². The zero-order valence-corrected chi connectivity index (χ0v) is 11.5. The Labute approximate surface area is 111 Å². The van der Waals surface area contributed by atoms with E-state index in [1.54, 1.807) is 11.3 Å². The smallest absolute Gasteiger partial charge is 0.131 e. The molecule has 0 saturated carbocycles. The molecular formula is C14H14N2OS. The van der Waals surface area contributed by atoms with Gasteiger partial charge in [0.15, 0.2) is 0 Å². The minimum Gasteiger partial charge on any atom is -0.487 e. The first-order valence-corrected chi connectivity index (χ1v) is 6.53. The van der Waals surface area contributed by atoms with Gasteiger partial charge in [-0.25, -0.2) is 4.98 Å². The fourth-order valence-electron chi connectivity index (χ4n) is 1.86. The van der Waals surface area contributed by atoms with E-state index in [4.69, 9.17) is 10.00 Å². The molecule has 0 unspecified atom stereocenters. The first-order chi connectivity index (χ1) is 8.60. The Kier molecular flexibility index (Phi) is 3.63. The Balaban J connectivity index is 2.17. The van der Waals surface area contributed by atoms with Crippen molar-refractivity contribution in [2.75, 3.05) is 0 Å². The van der Waals surface area contributed by atoms with Crippen molar-refractivity contribution in [2.24, 2.45) is 0 Å². The van der Waals surface area contributed by atoms with Gasteiger partial charge < -0.3 is 4.74 Å². The third kappa shape index (κ3) is 2.69. The molecule has 3 nitrogen and oxygen atoms in total. The molecule has 0 atom stereocenters. The summed E-state index contributed by atoms with van der Waals surface area (Å²) in [7, 11) is 0. The number of aryl methyl sites for hydroxylation is 3.